The molecule has 1 aromatic carbocycles. The maximum Gasteiger partial charge on any atom is 0.326 e. The van der Waals surface area contributed by atoms with Crippen molar-refractivity contribution in [1.82, 2.24) is 5.32 Å². The second kappa shape index (κ2) is 8.33. The van der Waals surface area contributed by atoms with Gasteiger partial charge in [-0.2, -0.15) is 0 Å². The summed E-state index contributed by atoms with van der Waals surface area (Å²) >= 11 is 0. The van der Waals surface area contributed by atoms with Crippen molar-refractivity contribution in [3.63, 3.8) is 0 Å². The van der Waals surface area contributed by atoms with Gasteiger partial charge in [0, 0.05) is 18.1 Å². The maximum atomic E-state index is 12.3. The Bertz CT molecular complexity index is 549. The van der Waals surface area contributed by atoms with Gasteiger partial charge >= 0.3 is 5.97 Å². The van der Waals surface area contributed by atoms with Crippen molar-refractivity contribution < 1.29 is 24.2 Å². The lowest BCUT2D eigenvalue weighted by atomic mass is 9.93. The molecule has 0 saturated carbocycles. The molecule has 1 saturated heterocycles. The van der Waals surface area contributed by atoms with Crippen LogP contribution in [0.2, 0.25) is 0 Å². The molecule has 0 bridgehead atoms. The highest BCUT2D eigenvalue weighted by molar-refractivity contribution is 5.96. The molecule has 1 fully saturated rings. The molecule has 2 atom stereocenters. The van der Waals surface area contributed by atoms with Gasteiger partial charge in [0.05, 0.1) is 6.61 Å². The molecule has 2 unspecified atom stereocenters. The van der Waals surface area contributed by atoms with Crippen molar-refractivity contribution in [3.05, 3.63) is 42.5 Å². The van der Waals surface area contributed by atoms with E-state index in [-0.39, 0.29) is 5.92 Å². The minimum absolute atomic E-state index is 0.208. The molecule has 23 heavy (non-hydrogen) atoms. The lowest BCUT2D eigenvalue weighted by Gasteiger charge is -2.28. The van der Waals surface area contributed by atoms with E-state index in [1.54, 1.807) is 30.3 Å². The molecule has 0 aliphatic carbocycles. The van der Waals surface area contributed by atoms with Gasteiger partial charge in [0.25, 0.3) is 5.91 Å². The predicted octanol–water partition coefficient (Wildman–Crippen LogP) is 1.86. The third-order valence-corrected chi connectivity index (χ3v) is 3.70. The van der Waals surface area contributed by atoms with E-state index in [0.717, 1.165) is 12.8 Å². The molecule has 6 nitrogen and oxygen atoms in total. The first kappa shape index (κ1) is 17.0. The van der Waals surface area contributed by atoms with E-state index in [1.807, 2.05) is 0 Å². The summed E-state index contributed by atoms with van der Waals surface area (Å²) in [5.41, 5.74) is 0.388. The number of carbonyl (C=O) groups excluding carboxylic acids is 1. The third-order valence-electron chi connectivity index (χ3n) is 3.70. The Morgan fingerprint density at radius 3 is 2.74 bits per heavy atom. The van der Waals surface area contributed by atoms with E-state index in [9.17, 15) is 14.7 Å². The van der Waals surface area contributed by atoms with Crippen LogP contribution in [0.1, 0.15) is 23.2 Å². The molecule has 0 spiro atoms. The first-order valence-corrected chi connectivity index (χ1v) is 7.57. The lowest BCUT2D eigenvalue weighted by molar-refractivity contribution is -0.142. The maximum absolute atomic E-state index is 12.3. The summed E-state index contributed by atoms with van der Waals surface area (Å²) in [5, 5.41) is 12.0. The van der Waals surface area contributed by atoms with Crippen molar-refractivity contribution in [1.29, 1.82) is 0 Å². The van der Waals surface area contributed by atoms with E-state index >= 15 is 0 Å². The van der Waals surface area contributed by atoms with Gasteiger partial charge in [-0.05, 0) is 37.1 Å². The van der Waals surface area contributed by atoms with Gasteiger partial charge < -0.3 is 19.9 Å². The van der Waals surface area contributed by atoms with Crippen LogP contribution in [0.5, 0.6) is 5.75 Å². The Labute approximate surface area is 135 Å². The number of carboxylic acids is 1. The van der Waals surface area contributed by atoms with Crippen LogP contribution in [0, 0.1) is 5.92 Å². The molecule has 124 valence electrons. The Balaban J connectivity index is 2.00. The summed E-state index contributed by atoms with van der Waals surface area (Å²) in [6, 6.07) is 5.59. The van der Waals surface area contributed by atoms with Gasteiger partial charge in [0.2, 0.25) is 0 Å². The minimum atomic E-state index is -1.04. The number of nitrogens with one attached hydrogen (secondary N) is 1. The standard InChI is InChI=1S/C17H21NO5/c1-2-9-23-14-7-5-12(6-8-14)16(19)18-15(17(20)21)13-4-3-10-22-11-13/h2,5-8,13,15H,1,3-4,9-11H2,(H,18,19)(H,20,21). The largest absolute Gasteiger partial charge is 0.490 e. The fourth-order valence-corrected chi connectivity index (χ4v) is 2.49. The number of carboxylic acid groups (broad SMARTS) is 1. The second-order valence-corrected chi connectivity index (χ2v) is 5.39. The number of aliphatic carboxylic acids is 1. The molecule has 0 aromatic heterocycles. The number of benzene rings is 1. The van der Waals surface area contributed by atoms with Crippen molar-refractivity contribution in [2.24, 2.45) is 5.92 Å². The van der Waals surface area contributed by atoms with Crippen molar-refractivity contribution in [3.8, 4) is 5.75 Å². The number of rotatable bonds is 7. The van der Waals surface area contributed by atoms with E-state index in [2.05, 4.69) is 11.9 Å². The molecule has 1 amide bonds. The Kier molecular flexibility index (Phi) is 6.17. The van der Waals surface area contributed by atoms with Gasteiger partial charge in [-0.15, -0.1) is 0 Å². The van der Waals surface area contributed by atoms with Crippen molar-refractivity contribution in [2.45, 2.75) is 18.9 Å². The molecule has 1 aliphatic rings. The number of hydrogen-bond donors (Lipinski definition) is 2. The SMILES string of the molecule is C=CCOc1ccc(C(=O)NC(C(=O)O)C2CCCOC2)cc1. The van der Waals surface area contributed by atoms with E-state index in [0.29, 0.717) is 31.1 Å². The fraction of sp³-hybridized carbons (Fsp3) is 0.412. The summed E-state index contributed by atoms with van der Waals surface area (Å²) in [6.45, 7) is 4.94. The zero-order chi connectivity index (χ0) is 16.7. The number of ether oxygens (including phenoxy) is 2. The highest BCUT2D eigenvalue weighted by atomic mass is 16.5. The zero-order valence-corrected chi connectivity index (χ0v) is 12.9. The van der Waals surface area contributed by atoms with Crippen molar-refractivity contribution in [2.75, 3.05) is 19.8 Å². The zero-order valence-electron chi connectivity index (χ0n) is 12.9. The Morgan fingerprint density at radius 2 is 2.17 bits per heavy atom. The highest BCUT2D eigenvalue weighted by Crippen LogP contribution is 2.19. The Hall–Kier alpha value is -2.34. The third kappa shape index (κ3) is 4.82. The molecule has 0 radical (unpaired) electrons. The first-order chi connectivity index (χ1) is 11.1. The monoisotopic (exact) mass is 319 g/mol. The van der Waals surface area contributed by atoms with Gasteiger partial charge in [0.1, 0.15) is 18.4 Å². The normalized spacial score (nSPS) is 18.7. The van der Waals surface area contributed by atoms with E-state index in [4.69, 9.17) is 9.47 Å². The number of amides is 1. The van der Waals surface area contributed by atoms with Crippen LogP contribution in [0.3, 0.4) is 0 Å². The predicted molar refractivity (Wildman–Crippen MR) is 84.6 cm³/mol. The topological polar surface area (TPSA) is 84.9 Å². The van der Waals surface area contributed by atoms with Crippen LogP contribution in [0.15, 0.2) is 36.9 Å². The van der Waals surface area contributed by atoms with Crippen LogP contribution in [-0.4, -0.2) is 42.8 Å². The molecule has 1 aromatic rings. The molecule has 6 heteroatoms. The minimum Gasteiger partial charge on any atom is -0.490 e. The second-order valence-electron chi connectivity index (χ2n) is 5.39. The smallest absolute Gasteiger partial charge is 0.326 e. The van der Waals surface area contributed by atoms with Gasteiger partial charge in [-0.3, -0.25) is 4.79 Å². The van der Waals surface area contributed by atoms with E-state index < -0.39 is 17.9 Å². The summed E-state index contributed by atoms with van der Waals surface area (Å²) in [5.74, 6) is -1.05. The molecule has 1 heterocycles. The average molecular weight is 319 g/mol. The molecule has 2 N–H and O–H groups in total. The number of carbonyl (C=O) groups is 2. The first-order valence-electron chi connectivity index (χ1n) is 7.57. The quantitative estimate of drug-likeness (QED) is 0.749. The van der Waals surface area contributed by atoms with Gasteiger partial charge in [-0.1, -0.05) is 12.7 Å². The van der Waals surface area contributed by atoms with Crippen LogP contribution < -0.4 is 10.1 Å². The summed E-state index contributed by atoms with van der Waals surface area (Å²) in [7, 11) is 0. The molecular formula is C17H21NO5. The van der Waals surface area contributed by atoms with Crippen LogP contribution >= 0.6 is 0 Å². The van der Waals surface area contributed by atoms with Crippen molar-refractivity contribution >= 4 is 11.9 Å². The van der Waals surface area contributed by atoms with Crippen LogP contribution in [0.4, 0.5) is 0 Å². The van der Waals surface area contributed by atoms with Gasteiger partial charge in [0.15, 0.2) is 0 Å². The summed E-state index contributed by atoms with van der Waals surface area (Å²) in [4.78, 5) is 23.7. The van der Waals surface area contributed by atoms with Gasteiger partial charge in [-0.25, -0.2) is 4.79 Å². The fourth-order valence-electron chi connectivity index (χ4n) is 2.49. The highest BCUT2D eigenvalue weighted by Gasteiger charge is 2.31. The lowest BCUT2D eigenvalue weighted by Crippen LogP contribution is -2.48. The van der Waals surface area contributed by atoms with E-state index in [1.165, 1.54) is 0 Å². The van der Waals surface area contributed by atoms with Crippen LogP contribution in [0.25, 0.3) is 0 Å². The van der Waals surface area contributed by atoms with Crippen LogP contribution in [-0.2, 0) is 9.53 Å². The number of hydrogen-bond acceptors (Lipinski definition) is 4. The average Bonchev–Trinajstić information content (AvgIpc) is 2.58. The summed E-state index contributed by atoms with van der Waals surface area (Å²) in [6.07, 6.45) is 3.16. The summed E-state index contributed by atoms with van der Waals surface area (Å²) < 4.78 is 10.7. The molecular weight excluding hydrogens is 298 g/mol. The molecule has 2 rings (SSSR count). The Morgan fingerprint density at radius 1 is 1.43 bits per heavy atom. The molecule has 1 aliphatic heterocycles.